The van der Waals surface area contributed by atoms with Gasteiger partial charge in [0, 0.05) is 18.5 Å². The first-order valence-corrected chi connectivity index (χ1v) is 5.91. The van der Waals surface area contributed by atoms with Gasteiger partial charge in [-0.25, -0.2) is 4.98 Å². The number of rotatable bonds is 5. The van der Waals surface area contributed by atoms with Crippen LogP contribution in [0, 0.1) is 13.8 Å². The fraction of sp³-hybridized carbons (Fsp3) is 0.500. The molecule has 1 aromatic rings. The van der Waals surface area contributed by atoms with E-state index in [4.69, 9.17) is 5.73 Å². The molecule has 0 saturated carbocycles. The second-order valence-corrected chi connectivity index (χ2v) is 5.00. The molecule has 1 aromatic heterocycles. The average molecular weight is 256 g/mol. The Bertz CT molecular complexity index is 432. The Hall–Kier alpha value is -1.47. The molecule has 7 heteroatoms. The molecule has 4 N–H and O–H groups in total. The van der Waals surface area contributed by atoms with Gasteiger partial charge >= 0.3 is 0 Å². The molecule has 0 aliphatic heterocycles. The quantitative estimate of drug-likeness (QED) is 0.613. The highest BCUT2D eigenvalue weighted by molar-refractivity contribution is 7.11. The van der Waals surface area contributed by atoms with Gasteiger partial charge in [-0.3, -0.25) is 9.59 Å². The van der Waals surface area contributed by atoms with Crippen LogP contribution < -0.4 is 16.4 Å². The molecule has 1 unspecified atom stereocenters. The number of aryl methyl sites for hydroxylation is 2. The molecule has 0 aromatic carbocycles. The van der Waals surface area contributed by atoms with Crippen LogP contribution in [0.4, 0.5) is 0 Å². The lowest BCUT2D eigenvalue weighted by Crippen LogP contribution is -2.58. The molecular formula is C10H16N4O2S. The highest BCUT2D eigenvalue weighted by Crippen LogP contribution is 2.27. The summed E-state index contributed by atoms with van der Waals surface area (Å²) in [6, 6.07) is 0. The van der Waals surface area contributed by atoms with E-state index < -0.39 is 5.54 Å². The molecule has 2 amide bonds. The van der Waals surface area contributed by atoms with Crippen molar-refractivity contribution in [3.63, 3.8) is 0 Å². The molecule has 1 heterocycles. The molecule has 0 radical (unpaired) electrons. The number of nitrogens with two attached hydrogens (primary N) is 1. The van der Waals surface area contributed by atoms with E-state index >= 15 is 0 Å². The summed E-state index contributed by atoms with van der Waals surface area (Å²) in [5.41, 5.74) is 4.88. The van der Waals surface area contributed by atoms with E-state index in [0.29, 0.717) is 12.1 Å². The molecule has 0 fully saturated rings. The zero-order valence-electron chi connectivity index (χ0n) is 10.0. The van der Waals surface area contributed by atoms with Crippen LogP contribution in [0.15, 0.2) is 0 Å². The van der Waals surface area contributed by atoms with E-state index in [9.17, 15) is 9.59 Å². The molecule has 0 aliphatic carbocycles. The normalized spacial score (nSPS) is 13.9. The predicted octanol–water partition coefficient (Wildman–Crippen LogP) is -0.594. The van der Waals surface area contributed by atoms with Gasteiger partial charge in [0.05, 0.1) is 10.7 Å². The van der Waals surface area contributed by atoms with Crippen LogP contribution in [0.3, 0.4) is 0 Å². The van der Waals surface area contributed by atoms with Crippen LogP contribution in [0.5, 0.6) is 0 Å². The number of nitrogens with one attached hydrogen (secondary N) is 2. The summed E-state index contributed by atoms with van der Waals surface area (Å²) in [4.78, 5) is 27.9. The summed E-state index contributed by atoms with van der Waals surface area (Å²) in [5, 5.41) is 5.82. The van der Waals surface area contributed by atoms with Crippen molar-refractivity contribution >= 4 is 23.7 Å². The van der Waals surface area contributed by atoms with Crippen molar-refractivity contribution in [2.45, 2.75) is 19.4 Å². The molecule has 0 spiro atoms. The second kappa shape index (κ2) is 5.24. The summed E-state index contributed by atoms with van der Waals surface area (Å²) in [7, 11) is 1.49. The lowest BCUT2D eigenvalue weighted by atomic mass is 9.93. The zero-order valence-corrected chi connectivity index (χ0v) is 10.9. The number of nitrogens with zero attached hydrogens (tertiary/aromatic N) is 1. The molecular weight excluding hydrogens is 240 g/mol. The molecule has 6 nitrogen and oxygen atoms in total. The molecule has 1 rings (SSSR count). The average Bonchev–Trinajstić information content (AvgIpc) is 2.65. The van der Waals surface area contributed by atoms with Crippen molar-refractivity contribution in [1.29, 1.82) is 0 Å². The van der Waals surface area contributed by atoms with Crippen LogP contribution in [-0.2, 0) is 15.1 Å². The van der Waals surface area contributed by atoms with Gasteiger partial charge in [-0.15, -0.1) is 11.3 Å². The van der Waals surface area contributed by atoms with Crippen LogP contribution >= 0.6 is 11.3 Å². The summed E-state index contributed by atoms with van der Waals surface area (Å²) in [5.74, 6) is -0.375. The van der Waals surface area contributed by atoms with Gasteiger partial charge in [0.2, 0.25) is 6.41 Å². The minimum absolute atomic E-state index is 0.0462. The minimum atomic E-state index is -1.29. The Morgan fingerprint density at radius 2 is 2.24 bits per heavy atom. The van der Waals surface area contributed by atoms with Gasteiger partial charge in [0.15, 0.2) is 5.54 Å². The lowest BCUT2D eigenvalue weighted by Gasteiger charge is -2.28. The number of hydrogen-bond donors (Lipinski definition) is 3. The summed E-state index contributed by atoms with van der Waals surface area (Å²) >= 11 is 1.46. The fourth-order valence-electron chi connectivity index (χ4n) is 1.73. The minimum Gasteiger partial charge on any atom is -0.357 e. The summed E-state index contributed by atoms with van der Waals surface area (Å²) in [6.07, 6.45) is 0.468. The number of hydrogen-bond acceptors (Lipinski definition) is 5. The van der Waals surface area contributed by atoms with E-state index in [1.54, 1.807) is 0 Å². The molecule has 1 atom stereocenters. The number of carbonyl (C=O) groups excluding carboxylic acids is 2. The van der Waals surface area contributed by atoms with Crippen molar-refractivity contribution in [3.8, 4) is 0 Å². The zero-order chi connectivity index (χ0) is 13.1. The van der Waals surface area contributed by atoms with Gasteiger partial charge in [0.1, 0.15) is 0 Å². The van der Waals surface area contributed by atoms with Crippen molar-refractivity contribution in [2.75, 3.05) is 13.6 Å². The monoisotopic (exact) mass is 256 g/mol. The predicted molar refractivity (Wildman–Crippen MR) is 65.6 cm³/mol. The van der Waals surface area contributed by atoms with Gasteiger partial charge in [-0.2, -0.15) is 0 Å². The Balaban J connectivity index is 3.35. The first-order valence-electron chi connectivity index (χ1n) is 5.10. The molecule has 94 valence electrons. The van der Waals surface area contributed by atoms with Crippen molar-refractivity contribution < 1.29 is 9.59 Å². The van der Waals surface area contributed by atoms with Gasteiger partial charge < -0.3 is 16.4 Å². The highest BCUT2D eigenvalue weighted by Gasteiger charge is 2.41. The number of amides is 2. The summed E-state index contributed by atoms with van der Waals surface area (Å²) < 4.78 is 0. The number of aromatic nitrogens is 1. The van der Waals surface area contributed by atoms with E-state index in [0.717, 1.165) is 9.88 Å². The highest BCUT2D eigenvalue weighted by atomic mass is 32.1. The standard InChI is InChI=1S/C10H16N4O2S/c1-6-8(14-7(2)17-6)10(4-11,13-5-15)9(16)12-3/h5H,4,11H2,1-3H3,(H,12,16)(H,13,15). The van der Waals surface area contributed by atoms with E-state index in [1.165, 1.54) is 18.4 Å². The maximum atomic E-state index is 12.0. The van der Waals surface area contributed by atoms with Gasteiger partial charge in [-0.05, 0) is 13.8 Å². The van der Waals surface area contributed by atoms with E-state index in [-0.39, 0.29) is 12.5 Å². The third-order valence-electron chi connectivity index (χ3n) is 2.53. The number of carbonyl (C=O) groups is 2. The molecule has 0 bridgehead atoms. The van der Waals surface area contributed by atoms with Crippen molar-refractivity contribution in [3.05, 3.63) is 15.6 Å². The maximum absolute atomic E-state index is 12.0. The van der Waals surface area contributed by atoms with Gasteiger partial charge in [0.25, 0.3) is 5.91 Å². The topological polar surface area (TPSA) is 97.1 Å². The van der Waals surface area contributed by atoms with Crippen molar-refractivity contribution in [1.82, 2.24) is 15.6 Å². The third kappa shape index (κ3) is 2.29. The molecule has 0 saturated heterocycles. The first kappa shape index (κ1) is 13.6. The Morgan fingerprint density at radius 1 is 1.59 bits per heavy atom. The SMILES string of the molecule is CNC(=O)C(CN)(NC=O)c1nc(C)sc1C. The Labute approximate surface area is 104 Å². The number of likely N-dealkylation sites (N-methyl/N-ethyl adjacent to an activating group) is 1. The molecule has 17 heavy (non-hydrogen) atoms. The largest absolute Gasteiger partial charge is 0.357 e. The van der Waals surface area contributed by atoms with E-state index in [1.807, 2.05) is 13.8 Å². The first-order chi connectivity index (χ1) is 8.01. The van der Waals surface area contributed by atoms with Crippen molar-refractivity contribution in [2.24, 2.45) is 5.73 Å². The maximum Gasteiger partial charge on any atom is 0.253 e. The van der Waals surface area contributed by atoms with Crippen LogP contribution in [0.1, 0.15) is 15.6 Å². The Morgan fingerprint density at radius 3 is 2.59 bits per heavy atom. The Kier molecular flexibility index (Phi) is 4.19. The second-order valence-electron chi connectivity index (χ2n) is 3.59. The lowest BCUT2D eigenvalue weighted by molar-refractivity contribution is -0.130. The summed E-state index contributed by atoms with van der Waals surface area (Å²) in [6.45, 7) is 3.64. The smallest absolute Gasteiger partial charge is 0.253 e. The van der Waals surface area contributed by atoms with Crippen LogP contribution in [-0.4, -0.2) is 30.9 Å². The van der Waals surface area contributed by atoms with Crippen LogP contribution in [0.25, 0.3) is 0 Å². The van der Waals surface area contributed by atoms with E-state index in [2.05, 4.69) is 15.6 Å². The van der Waals surface area contributed by atoms with Gasteiger partial charge in [-0.1, -0.05) is 0 Å². The molecule has 0 aliphatic rings. The number of thiazole rings is 1. The van der Waals surface area contributed by atoms with Crippen LogP contribution in [0.2, 0.25) is 0 Å². The third-order valence-corrected chi connectivity index (χ3v) is 3.42. The fourth-order valence-corrected chi connectivity index (χ4v) is 2.63.